The van der Waals surface area contributed by atoms with Crippen molar-refractivity contribution in [1.29, 1.82) is 0 Å². The summed E-state index contributed by atoms with van der Waals surface area (Å²) >= 11 is 0. The van der Waals surface area contributed by atoms with Gasteiger partial charge >= 0.3 is 0 Å². The normalized spacial score (nSPS) is 11.3. The van der Waals surface area contributed by atoms with Crippen LogP contribution in [0.25, 0.3) is 11.2 Å². The van der Waals surface area contributed by atoms with Gasteiger partial charge in [0.2, 0.25) is 17.7 Å². The fraction of sp³-hybridized carbons (Fsp3) is 0.455. The third kappa shape index (κ3) is 5.77. The number of hydrogen-bond donors (Lipinski definition) is 1. The monoisotopic (exact) mass is 427 g/mol. The van der Waals surface area contributed by atoms with Crippen molar-refractivity contribution in [2.75, 3.05) is 26.1 Å². The number of carbonyl (C=O) groups is 1. The van der Waals surface area contributed by atoms with E-state index in [1.165, 1.54) is 0 Å². The first-order valence-electron chi connectivity index (χ1n) is 10.3. The lowest BCUT2D eigenvalue weighted by molar-refractivity contribution is -0.118. The molecule has 9 heteroatoms. The van der Waals surface area contributed by atoms with Crippen molar-refractivity contribution in [1.82, 2.24) is 19.5 Å². The molecule has 0 bridgehead atoms. The van der Waals surface area contributed by atoms with Gasteiger partial charge in [-0.25, -0.2) is 4.98 Å². The first-order valence-corrected chi connectivity index (χ1v) is 10.3. The molecule has 0 fully saturated rings. The molecule has 2 heterocycles. The van der Waals surface area contributed by atoms with E-state index in [0.29, 0.717) is 49.2 Å². The smallest absolute Gasteiger partial charge is 0.247 e. The van der Waals surface area contributed by atoms with Crippen LogP contribution in [0.1, 0.15) is 31.7 Å². The average Bonchev–Trinajstić information content (AvgIpc) is 3.10. The van der Waals surface area contributed by atoms with Gasteiger partial charge in [0.25, 0.3) is 0 Å². The van der Waals surface area contributed by atoms with Crippen LogP contribution >= 0.6 is 0 Å². The van der Waals surface area contributed by atoms with Crippen LogP contribution in [0.4, 0.5) is 5.95 Å². The quantitative estimate of drug-likeness (QED) is 0.469. The van der Waals surface area contributed by atoms with Gasteiger partial charge in [0.15, 0.2) is 11.2 Å². The Morgan fingerprint density at radius 2 is 1.84 bits per heavy atom. The van der Waals surface area contributed by atoms with Gasteiger partial charge in [-0.15, -0.1) is 0 Å². The summed E-state index contributed by atoms with van der Waals surface area (Å²) in [5.41, 5.74) is 2.11. The number of aryl methyl sites for hydroxylation is 1. The SMILES string of the molecule is COCCCn1c(COC)nc2c(OCc3ccccc3)nc(NC(=O)C(C)C)nc21. The van der Waals surface area contributed by atoms with E-state index < -0.39 is 0 Å². The number of benzene rings is 1. The number of carbonyl (C=O) groups excluding carboxylic acids is 1. The standard InChI is InChI=1S/C22H29N5O4/c1-15(2)20(28)25-22-24-19-18(21(26-22)31-13-16-9-6-5-7-10-16)23-17(14-30-4)27(19)11-8-12-29-3/h5-7,9-10,15H,8,11-14H2,1-4H3,(H,24,25,26,28). The lowest BCUT2D eigenvalue weighted by atomic mass is 10.2. The molecule has 0 saturated heterocycles. The molecule has 0 aliphatic carbocycles. The topological polar surface area (TPSA) is 100 Å². The highest BCUT2D eigenvalue weighted by Gasteiger charge is 2.20. The minimum absolute atomic E-state index is 0.170. The van der Waals surface area contributed by atoms with Gasteiger partial charge in [0.1, 0.15) is 19.0 Å². The summed E-state index contributed by atoms with van der Waals surface area (Å²) < 4.78 is 18.5. The number of nitrogens with one attached hydrogen (secondary N) is 1. The van der Waals surface area contributed by atoms with Gasteiger partial charge in [-0.05, 0) is 12.0 Å². The lowest BCUT2D eigenvalue weighted by Gasteiger charge is -2.11. The number of methoxy groups -OCH3 is 2. The molecule has 1 N–H and O–H groups in total. The summed E-state index contributed by atoms with van der Waals surface area (Å²) in [5, 5.41) is 2.77. The van der Waals surface area contributed by atoms with Crippen LogP contribution in [0.3, 0.4) is 0 Å². The predicted molar refractivity (Wildman–Crippen MR) is 117 cm³/mol. The maximum atomic E-state index is 12.3. The Bertz CT molecular complexity index is 1000. The Kier molecular flexibility index (Phi) is 7.91. The van der Waals surface area contributed by atoms with Crippen molar-refractivity contribution in [2.45, 2.75) is 40.0 Å². The van der Waals surface area contributed by atoms with Gasteiger partial charge in [0.05, 0.1) is 0 Å². The number of ether oxygens (including phenoxy) is 3. The number of amides is 1. The fourth-order valence-corrected chi connectivity index (χ4v) is 3.00. The zero-order valence-electron chi connectivity index (χ0n) is 18.4. The molecule has 0 aliphatic heterocycles. The minimum Gasteiger partial charge on any atom is -0.471 e. The third-order valence-electron chi connectivity index (χ3n) is 4.62. The zero-order chi connectivity index (χ0) is 22.2. The Hall–Kier alpha value is -3.04. The van der Waals surface area contributed by atoms with E-state index >= 15 is 0 Å². The van der Waals surface area contributed by atoms with Crippen LogP contribution in [0.15, 0.2) is 30.3 Å². The number of aromatic nitrogens is 4. The molecule has 9 nitrogen and oxygen atoms in total. The van der Waals surface area contributed by atoms with Crippen molar-refractivity contribution in [3.63, 3.8) is 0 Å². The lowest BCUT2D eigenvalue weighted by Crippen LogP contribution is -2.20. The Balaban J connectivity index is 2.02. The largest absolute Gasteiger partial charge is 0.471 e. The van der Waals surface area contributed by atoms with Crippen LogP contribution in [-0.4, -0.2) is 46.3 Å². The molecule has 1 amide bonds. The van der Waals surface area contributed by atoms with E-state index in [9.17, 15) is 4.79 Å². The molecule has 1 aromatic carbocycles. The Labute approximate surface area is 181 Å². The number of nitrogens with zero attached hydrogens (tertiary/aromatic N) is 4. The number of fused-ring (bicyclic) bond motifs is 1. The Morgan fingerprint density at radius 3 is 2.52 bits per heavy atom. The van der Waals surface area contributed by atoms with Crippen molar-refractivity contribution >= 4 is 23.0 Å². The van der Waals surface area contributed by atoms with Crippen LogP contribution in [0.2, 0.25) is 0 Å². The first-order chi connectivity index (χ1) is 15.0. The summed E-state index contributed by atoms with van der Waals surface area (Å²) in [6.45, 7) is 5.50. The van der Waals surface area contributed by atoms with E-state index in [-0.39, 0.29) is 17.8 Å². The van der Waals surface area contributed by atoms with E-state index in [1.54, 1.807) is 14.2 Å². The molecule has 31 heavy (non-hydrogen) atoms. The number of hydrogen-bond acceptors (Lipinski definition) is 7. The summed E-state index contributed by atoms with van der Waals surface area (Å²) in [6, 6.07) is 9.79. The maximum absolute atomic E-state index is 12.3. The molecule has 3 rings (SSSR count). The van der Waals surface area contributed by atoms with Crippen LogP contribution in [0, 0.1) is 5.92 Å². The number of imidazole rings is 1. The molecular weight excluding hydrogens is 398 g/mol. The molecule has 0 unspecified atom stereocenters. The van der Waals surface area contributed by atoms with Gasteiger partial charge in [-0.3, -0.25) is 10.1 Å². The highest BCUT2D eigenvalue weighted by atomic mass is 16.5. The van der Waals surface area contributed by atoms with E-state index in [0.717, 1.165) is 12.0 Å². The van der Waals surface area contributed by atoms with E-state index in [4.69, 9.17) is 14.2 Å². The molecule has 0 aliphatic rings. The minimum atomic E-state index is -0.205. The summed E-state index contributed by atoms with van der Waals surface area (Å²) in [4.78, 5) is 26.0. The highest BCUT2D eigenvalue weighted by molar-refractivity contribution is 5.91. The van der Waals surface area contributed by atoms with E-state index in [1.807, 2.05) is 48.7 Å². The fourth-order valence-electron chi connectivity index (χ4n) is 3.00. The summed E-state index contributed by atoms with van der Waals surface area (Å²) in [7, 11) is 3.28. The van der Waals surface area contributed by atoms with Gasteiger partial charge in [-0.1, -0.05) is 44.2 Å². The molecular formula is C22H29N5O4. The van der Waals surface area contributed by atoms with E-state index in [2.05, 4.69) is 20.3 Å². The summed E-state index contributed by atoms with van der Waals surface area (Å²) in [6.07, 6.45) is 0.774. The van der Waals surface area contributed by atoms with Crippen LogP contribution in [-0.2, 0) is 34.0 Å². The molecule has 0 radical (unpaired) electrons. The first kappa shape index (κ1) is 22.6. The summed E-state index contributed by atoms with van der Waals surface area (Å²) in [5.74, 6) is 0.834. The van der Waals surface area contributed by atoms with Gasteiger partial charge in [-0.2, -0.15) is 9.97 Å². The second kappa shape index (κ2) is 10.8. The molecule has 3 aromatic rings. The van der Waals surface area contributed by atoms with Crippen LogP contribution < -0.4 is 10.1 Å². The van der Waals surface area contributed by atoms with Gasteiger partial charge in [0, 0.05) is 33.3 Å². The molecule has 0 spiro atoms. The Morgan fingerprint density at radius 1 is 1.06 bits per heavy atom. The van der Waals surface area contributed by atoms with Crippen molar-refractivity contribution in [3.8, 4) is 5.88 Å². The third-order valence-corrected chi connectivity index (χ3v) is 4.62. The molecule has 0 atom stereocenters. The van der Waals surface area contributed by atoms with Crippen molar-refractivity contribution in [3.05, 3.63) is 41.7 Å². The average molecular weight is 428 g/mol. The maximum Gasteiger partial charge on any atom is 0.247 e. The second-order valence-corrected chi connectivity index (χ2v) is 7.40. The molecule has 2 aromatic heterocycles. The predicted octanol–water partition coefficient (Wildman–Crippen LogP) is 3.18. The van der Waals surface area contributed by atoms with Crippen molar-refractivity contribution < 1.29 is 19.0 Å². The van der Waals surface area contributed by atoms with Crippen LogP contribution in [0.5, 0.6) is 5.88 Å². The molecule has 166 valence electrons. The molecule has 0 saturated carbocycles. The van der Waals surface area contributed by atoms with Gasteiger partial charge < -0.3 is 18.8 Å². The highest BCUT2D eigenvalue weighted by Crippen LogP contribution is 2.26. The second-order valence-electron chi connectivity index (χ2n) is 7.40. The van der Waals surface area contributed by atoms with Crippen molar-refractivity contribution in [2.24, 2.45) is 5.92 Å². The number of anilines is 1. The zero-order valence-corrected chi connectivity index (χ0v) is 18.4. The number of rotatable bonds is 11.